The fourth-order valence-electron chi connectivity index (χ4n) is 1.97. The maximum Gasteiger partial charge on any atom is 0.200 e. The second kappa shape index (κ2) is 5.77. The standard InChI is InChI=1S/C12H20N6/c1-4-17(5-2)7-6-13-11-8-10(3)16-18-9-14-15-12(11)18/h8-9,13H,4-7H2,1-3H3. The molecule has 0 fully saturated rings. The molecule has 98 valence electrons. The molecule has 0 saturated heterocycles. The summed E-state index contributed by atoms with van der Waals surface area (Å²) in [5, 5.41) is 15.7. The molecule has 0 saturated carbocycles. The van der Waals surface area contributed by atoms with E-state index in [1.165, 1.54) is 0 Å². The number of nitrogens with zero attached hydrogens (tertiary/aromatic N) is 5. The molecule has 6 nitrogen and oxygen atoms in total. The Hall–Kier alpha value is -1.69. The van der Waals surface area contributed by atoms with Crippen LogP contribution >= 0.6 is 0 Å². The zero-order valence-corrected chi connectivity index (χ0v) is 11.2. The maximum atomic E-state index is 4.31. The quantitative estimate of drug-likeness (QED) is 0.832. The molecule has 2 aromatic heterocycles. The van der Waals surface area contributed by atoms with Crippen LogP contribution in [0.25, 0.3) is 5.65 Å². The third-order valence-electron chi connectivity index (χ3n) is 3.03. The topological polar surface area (TPSA) is 58.4 Å². The SMILES string of the molecule is CCN(CC)CCNc1cc(C)nn2cnnc12. The molecule has 0 aromatic carbocycles. The number of aromatic nitrogens is 4. The Bertz CT molecular complexity index is 502. The summed E-state index contributed by atoms with van der Waals surface area (Å²) in [6, 6.07) is 2.01. The summed E-state index contributed by atoms with van der Waals surface area (Å²) >= 11 is 0. The molecule has 18 heavy (non-hydrogen) atoms. The number of rotatable bonds is 6. The van der Waals surface area contributed by atoms with Gasteiger partial charge in [-0.3, -0.25) is 0 Å². The summed E-state index contributed by atoms with van der Waals surface area (Å²) in [4.78, 5) is 2.38. The van der Waals surface area contributed by atoms with E-state index < -0.39 is 0 Å². The normalized spacial score (nSPS) is 11.3. The Balaban J connectivity index is 2.05. The smallest absolute Gasteiger partial charge is 0.200 e. The first kappa shape index (κ1) is 12.8. The lowest BCUT2D eigenvalue weighted by Gasteiger charge is -2.18. The van der Waals surface area contributed by atoms with E-state index in [2.05, 4.69) is 39.4 Å². The van der Waals surface area contributed by atoms with Crippen LogP contribution in [-0.2, 0) is 0 Å². The van der Waals surface area contributed by atoms with Crippen molar-refractivity contribution in [1.29, 1.82) is 0 Å². The van der Waals surface area contributed by atoms with E-state index >= 15 is 0 Å². The average Bonchev–Trinajstić information content (AvgIpc) is 2.82. The van der Waals surface area contributed by atoms with Gasteiger partial charge in [-0.25, -0.2) is 0 Å². The van der Waals surface area contributed by atoms with Crippen molar-refractivity contribution in [2.75, 3.05) is 31.5 Å². The number of aryl methyl sites for hydroxylation is 1. The fraction of sp³-hybridized carbons (Fsp3) is 0.583. The van der Waals surface area contributed by atoms with Crippen LogP contribution in [-0.4, -0.2) is 50.9 Å². The molecule has 2 heterocycles. The highest BCUT2D eigenvalue weighted by Crippen LogP contribution is 2.13. The molecule has 2 rings (SSSR count). The number of hydrogen-bond donors (Lipinski definition) is 1. The van der Waals surface area contributed by atoms with Crippen molar-refractivity contribution < 1.29 is 0 Å². The number of hydrogen-bond acceptors (Lipinski definition) is 5. The van der Waals surface area contributed by atoms with Crippen LogP contribution in [0.15, 0.2) is 12.4 Å². The van der Waals surface area contributed by atoms with Gasteiger partial charge in [0.25, 0.3) is 0 Å². The van der Waals surface area contributed by atoms with E-state index in [1.54, 1.807) is 10.8 Å². The van der Waals surface area contributed by atoms with E-state index in [1.807, 2.05) is 13.0 Å². The molecule has 0 radical (unpaired) electrons. The van der Waals surface area contributed by atoms with Crippen LogP contribution in [0.5, 0.6) is 0 Å². The van der Waals surface area contributed by atoms with Gasteiger partial charge in [-0.1, -0.05) is 13.8 Å². The minimum atomic E-state index is 0.778. The lowest BCUT2D eigenvalue weighted by Crippen LogP contribution is -2.28. The minimum absolute atomic E-state index is 0.778. The van der Waals surface area contributed by atoms with Crippen molar-refractivity contribution in [1.82, 2.24) is 24.7 Å². The summed E-state index contributed by atoms with van der Waals surface area (Å²) in [5.41, 5.74) is 2.72. The minimum Gasteiger partial charge on any atom is -0.381 e. The van der Waals surface area contributed by atoms with Gasteiger partial charge in [0, 0.05) is 13.1 Å². The summed E-state index contributed by atoms with van der Waals surface area (Å²) in [6.45, 7) is 10.4. The van der Waals surface area contributed by atoms with Crippen molar-refractivity contribution >= 4 is 11.3 Å². The Morgan fingerprint density at radius 1 is 1.33 bits per heavy atom. The zero-order chi connectivity index (χ0) is 13.0. The zero-order valence-electron chi connectivity index (χ0n) is 11.2. The number of likely N-dealkylation sites (N-methyl/N-ethyl adjacent to an activating group) is 1. The van der Waals surface area contributed by atoms with Crippen molar-refractivity contribution in [3.05, 3.63) is 18.1 Å². The molecule has 0 bridgehead atoms. The van der Waals surface area contributed by atoms with Crippen LogP contribution in [0, 0.1) is 6.92 Å². The van der Waals surface area contributed by atoms with E-state index in [0.29, 0.717) is 0 Å². The highest BCUT2D eigenvalue weighted by atomic mass is 15.3. The molecular formula is C12H20N6. The third-order valence-corrected chi connectivity index (χ3v) is 3.03. The first-order chi connectivity index (χ1) is 8.74. The van der Waals surface area contributed by atoms with Gasteiger partial charge in [-0.2, -0.15) is 9.61 Å². The van der Waals surface area contributed by atoms with Gasteiger partial charge in [-0.15, -0.1) is 10.2 Å². The molecule has 0 amide bonds. The fourth-order valence-corrected chi connectivity index (χ4v) is 1.97. The molecule has 0 aliphatic rings. The van der Waals surface area contributed by atoms with Crippen LogP contribution < -0.4 is 5.32 Å². The van der Waals surface area contributed by atoms with Crippen molar-refractivity contribution in [3.63, 3.8) is 0 Å². The van der Waals surface area contributed by atoms with Crippen molar-refractivity contribution in [2.45, 2.75) is 20.8 Å². The van der Waals surface area contributed by atoms with Gasteiger partial charge in [0.05, 0.1) is 11.4 Å². The number of fused-ring (bicyclic) bond motifs is 1. The predicted octanol–water partition coefficient (Wildman–Crippen LogP) is 1.19. The van der Waals surface area contributed by atoms with Crippen LogP contribution in [0.1, 0.15) is 19.5 Å². The van der Waals surface area contributed by atoms with Crippen LogP contribution in [0.2, 0.25) is 0 Å². The van der Waals surface area contributed by atoms with E-state index in [0.717, 1.165) is 43.2 Å². The number of anilines is 1. The van der Waals surface area contributed by atoms with Gasteiger partial charge < -0.3 is 10.2 Å². The van der Waals surface area contributed by atoms with Gasteiger partial charge in [0.1, 0.15) is 6.33 Å². The monoisotopic (exact) mass is 248 g/mol. The molecular weight excluding hydrogens is 228 g/mol. The average molecular weight is 248 g/mol. The maximum absolute atomic E-state index is 4.31. The molecule has 2 aromatic rings. The van der Waals surface area contributed by atoms with Crippen LogP contribution in [0.3, 0.4) is 0 Å². The molecule has 1 N–H and O–H groups in total. The van der Waals surface area contributed by atoms with Gasteiger partial charge in [-0.05, 0) is 26.1 Å². The lowest BCUT2D eigenvalue weighted by atomic mass is 10.3. The van der Waals surface area contributed by atoms with Gasteiger partial charge in [0.2, 0.25) is 5.65 Å². The number of nitrogens with one attached hydrogen (secondary N) is 1. The highest BCUT2D eigenvalue weighted by molar-refractivity contribution is 5.66. The lowest BCUT2D eigenvalue weighted by molar-refractivity contribution is 0.316. The molecule has 0 aliphatic heterocycles. The molecule has 0 atom stereocenters. The summed E-state index contributed by atoms with van der Waals surface area (Å²) in [5.74, 6) is 0. The third kappa shape index (κ3) is 2.76. The van der Waals surface area contributed by atoms with E-state index in [9.17, 15) is 0 Å². The summed E-state index contributed by atoms with van der Waals surface area (Å²) in [7, 11) is 0. The Labute approximate surface area is 107 Å². The van der Waals surface area contributed by atoms with Crippen LogP contribution in [0.4, 0.5) is 5.69 Å². The Morgan fingerprint density at radius 3 is 2.83 bits per heavy atom. The van der Waals surface area contributed by atoms with E-state index in [4.69, 9.17) is 0 Å². The molecule has 0 unspecified atom stereocenters. The highest BCUT2D eigenvalue weighted by Gasteiger charge is 2.06. The summed E-state index contributed by atoms with van der Waals surface area (Å²) in [6.07, 6.45) is 1.62. The van der Waals surface area contributed by atoms with E-state index in [-0.39, 0.29) is 0 Å². The van der Waals surface area contributed by atoms with Crippen molar-refractivity contribution in [2.24, 2.45) is 0 Å². The molecule has 0 aliphatic carbocycles. The Kier molecular flexibility index (Phi) is 4.09. The summed E-state index contributed by atoms with van der Waals surface area (Å²) < 4.78 is 1.70. The van der Waals surface area contributed by atoms with Gasteiger partial charge in [0.15, 0.2) is 0 Å². The second-order valence-corrected chi connectivity index (χ2v) is 4.25. The predicted molar refractivity (Wildman–Crippen MR) is 71.8 cm³/mol. The second-order valence-electron chi connectivity index (χ2n) is 4.25. The van der Waals surface area contributed by atoms with Crippen molar-refractivity contribution in [3.8, 4) is 0 Å². The largest absolute Gasteiger partial charge is 0.381 e. The molecule has 0 spiro atoms. The first-order valence-electron chi connectivity index (χ1n) is 6.38. The molecule has 6 heteroatoms. The van der Waals surface area contributed by atoms with Gasteiger partial charge >= 0.3 is 0 Å². The first-order valence-corrected chi connectivity index (χ1v) is 6.38. The Morgan fingerprint density at radius 2 is 2.11 bits per heavy atom.